The third kappa shape index (κ3) is 6.74. The molecule has 4 aromatic rings. The molecule has 0 fully saturated rings. The number of carbonyl (C=O) groups excluding carboxylic acids is 2. The summed E-state index contributed by atoms with van der Waals surface area (Å²) < 4.78 is 23.8. The van der Waals surface area contributed by atoms with Crippen molar-refractivity contribution >= 4 is 52.6 Å². The molecule has 0 N–H and O–H groups in total. The van der Waals surface area contributed by atoms with Crippen molar-refractivity contribution < 1.29 is 28.5 Å². The first-order valence-corrected chi connectivity index (χ1v) is 15.9. The van der Waals surface area contributed by atoms with Crippen molar-refractivity contribution in [3.05, 3.63) is 124 Å². The number of aromatic nitrogens is 1. The Labute approximate surface area is 278 Å². The Hall–Kier alpha value is -4.38. The molecule has 0 saturated heterocycles. The van der Waals surface area contributed by atoms with Crippen LogP contribution in [0, 0.1) is 0 Å². The molecule has 1 aromatic heterocycles. The molecule has 238 valence electrons. The highest BCUT2D eigenvalue weighted by Gasteiger charge is 2.34. The van der Waals surface area contributed by atoms with Crippen molar-refractivity contribution in [3.63, 3.8) is 0 Å². The highest BCUT2D eigenvalue weighted by Crippen LogP contribution is 2.38. The van der Waals surface area contributed by atoms with Crippen LogP contribution in [-0.4, -0.2) is 36.8 Å². The van der Waals surface area contributed by atoms with E-state index in [4.69, 9.17) is 42.1 Å². The highest BCUT2D eigenvalue weighted by molar-refractivity contribution is 7.07. The first kappa shape index (κ1) is 33.0. The first-order chi connectivity index (χ1) is 22.2. The minimum atomic E-state index is -0.827. The zero-order chi connectivity index (χ0) is 33.0. The number of rotatable bonds is 10. The number of hydrogen-bond acceptors (Lipinski definition) is 9. The zero-order valence-corrected chi connectivity index (χ0v) is 27.8. The third-order valence-corrected chi connectivity index (χ3v) is 8.72. The average Bonchev–Trinajstić information content (AvgIpc) is 3.34. The summed E-state index contributed by atoms with van der Waals surface area (Å²) in [5, 5.41) is 0.677. The molecule has 0 spiro atoms. The van der Waals surface area contributed by atoms with Crippen molar-refractivity contribution in [2.24, 2.45) is 4.99 Å². The molecule has 5 rings (SSSR count). The lowest BCUT2D eigenvalue weighted by Gasteiger charge is -2.25. The van der Waals surface area contributed by atoms with Crippen molar-refractivity contribution in [1.82, 2.24) is 4.57 Å². The number of benzene rings is 3. The van der Waals surface area contributed by atoms with Gasteiger partial charge in [-0.05, 0) is 73.9 Å². The minimum Gasteiger partial charge on any atom is -0.493 e. The summed E-state index contributed by atoms with van der Waals surface area (Å²) in [5.41, 5.74) is 2.76. The van der Waals surface area contributed by atoms with Crippen LogP contribution in [0.2, 0.25) is 10.0 Å². The summed E-state index contributed by atoms with van der Waals surface area (Å²) in [6.07, 6.45) is 1.68. The van der Waals surface area contributed by atoms with Gasteiger partial charge in [-0.3, -0.25) is 9.36 Å². The molecule has 2 heterocycles. The Morgan fingerprint density at radius 2 is 1.67 bits per heavy atom. The Kier molecular flexibility index (Phi) is 10.3. The van der Waals surface area contributed by atoms with Gasteiger partial charge in [0.1, 0.15) is 12.6 Å². The quantitative estimate of drug-likeness (QED) is 0.193. The molecular weight excluding hydrogens is 651 g/mol. The van der Waals surface area contributed by atoms with Crippen molar-refractivity contribution in [2.75, 3.05) is 20.3 Å². The fraction of sp³-hybridized carbons (Fsp3) is 0.235. The molecule has 1 atom stereocenters. The fourth-order valence-corrected chi connectivity index (χ4v) is 6.56. The van der Waals surface area contributed by atoms with Crippen LogP contribution in [0.4, 0.5) is 0 Å². The number of methoxy groups -OCH3 is 1. The van der Waals surface area contributed by atoms with Gasteiger partial charge in [-0.1, -0.05) is 64.9 Å². The SMILES string of the molecule is CCOC(=O)C1=C(C)N=c2s/c(=C\c3cc(Cl)c(OCc4ccc(C(=O)OCC)cc4)c(OC)c3)c(=O)n2[C@@H]1c1ccccc1Cl. The molecule has 3 aromatic carbocycles. The molecule has 0 saturated carbocycles. The van der Waals surface area contributed by atoms with Crippen LogP contribution < -0.4 is 24.4 Å². The van der Waals surface area contributed by atoms with Gasteiger partial charge < -0.3 is 18.9 Å². The highest BCUT2D eigenvalue weighted by atomic mass is 35.5. The van der Waals surface area contributed by atoms with Gasteiger partial charge in [-0.15, -0.1) is 0 Å². The number of ether oxygens (including phenoxy) is 4. The van der Waals surface area contributed by atoms with E-state index < -0.39 is 18.0 Å². The zero-order valence-electron chi connectivity index (χ0n) is 25.5. The van der Waals surface area contributed by atoms with Gasteiger partial charge in [0, 0.05) is 5.02 Å². The third-order valence-electron chi connectivity index (χ3n) is 7.11. The maximum absolute atomic E-state index is 14.0. The maximum Gasteiger partial charge on any atom is 0.338 e. The van der Waals surface area contributed by atoms with Crippen LogP contribution in [0.25, 0.3) is 6.08 Å². The lowest BCUT2D eigenvalue weighted by molar-refractivity contribution is -0.139. The van der Waals surface area contributed by atoms with E-state index in [2.05, 4.69) is 4.99 Å². The first-order valence-electron chi connectivity index (χ1n) is 14.4. The van der Waals surface area contributed by atoms with Gasteiger partial charge in [-0.2, -0.15) is 0 Å². The Bertz CT molecular complexity index is 2020. The molecule has 0 amide bonds. The molecule has 0 radical (unpaired) electrons. The van der Waals surface area contributed by atoms with Crippen molar-refractivity contribution in [1.29, 1.82) is 0 Å². The van der Waals surface area contributed by atoms with Crippen LogP contribution in [-0.2, 0) is 20.9 Å². The molecule has 1 aliphatic rings. The van der Waals surface area contributed by atoms with E-state index in [1.807, 2.05) is 0 Å². The minimum absolute atomic E-state index is 0.166. The van der Waals surface area contributed by atoms with E-state index >= 15 is 0 Å². The predicted molar refractivity (Wildman–Crippen MR) is 177 cm³/mol. The molecular formula is C34H30Cl2N2O7S. The predicted octanol–water partition coefficient (Wildman–Crippen LogP) is 5.87. The molecule has 0 aliphatic carbocycles. The van der Waals surface area contributed by atoms with Gasteiger partial charge in [0.05, 0.1) is 46.7 Å². The van der Waals surface area contributed by atoms with Gasteiger partial charge in [0.25, 0.3) is 5.56 Å². The van der Waals surface area contributed by atoms with E-state index in [1.54, 1.807) is 87.5 Å². The molecule has 0 unspecified atom stereocenters. The van der Waals surface area contributed by atoms with Crippen LogP contribution >= 0.6 is 34.5 Å². The molecule has 0 bridgehead atoms. The van der Waals surface area contributed by atoms with E-state index in [-0.39, 0.29) is 29.4 Å². The van der Waals surface area contributed by atoms with Crippen LogP contribution in [0.3, 0.4) is 0 Å². The lowest BCUT2D eigenvalue weighted by Crippen LogP contribution is -2.40. The Morgan fingerprint density at radius 3 is 2.35 bits per heavy atom. The summed E-state index contributed by atoms with van der Waals surface area (Å²) in [5.74, 6) is -0.267. The van der Waals surface area contributed by atoms with Crippen LogP contribution in [0.5, 0.6) is 11.5 Å². The molecule has 1 aliphatic heterocycles. The average molecular weight is 682 g/mol. The van der Waals surface area contributed by atoms with Gasteiger partial charge in [0.2, 0.25) is 0 Å². The number of esters is 2. The Morgan fingerprint density at radius 1 is 0.978 bits per heavy atom. The summed E-state index contributed by atoms with van der Waals surface area (Å²) in [6, 6.07) is 16.5. The number of thiazole rings is 1. The second-order valence-electron chi connectivity index (χ2n) is 10.1. The topological polar surface area (TPSA) is 105 Å². The summed E-state index contributed by atoms with van der Waals surface area (Å²) in [7, 11) is 1.49. The Balaban J connectivity index is 1.50. The fourth-order valence-electron chi connectivity index (χ4n) is 5.00. The second kappa shape index (κ2) is 14.4. The lowest BCUT2D eigenvalue weighted by atomic mass is 9.96. The number of fused-ring (bicyclic) bond motifs is 1. The standard InChI is InChI=1S/C34H30Cl2N2O7S/c1-5-43-32(40)22-13-11-20(12-14-22)18-45-30-25(36)15-21(16-26(30)42-4)17-27-31(39)38-29(23-9-7-8-10-24(23)35)28(33(41)44-6-2)19(3)37-34(38)46-27/h7-17,29H,5-6,18H2,1-4H3/b27-17-/t29-/m1/s1. The van der Waals surface area contributed by atoms with E-state index in [9.17, 15) is 14.4 Å². The normalized spacial score (nSPS) is 14.4. The number of allylic oxidation sites excluding steroid dienone is 1. The van der Waals surface area contributed by atoms with Crippen LogP contribution in [0.15, 0.2) is 81.7 Å². The molecule has 9 nitrogen and oxygen atoms in total. The molecule has 12 heteroatoms. The van der Waals surface area contributed by atoms with Crippen LogP contribution in [0.1, 0.15) is 53.9 Å². The van der Waals surface area contributed by atoms with Gasteiger partial charge >= 0.3 is 11.9 Å². The van der Waals surface area contributed by atoms with Crippen molar-refractivity contribution in [3.8, 4) is 11.5 Å². The number of carbonyl (C=O) groups is 2. The summed E-state index contributed by atoms with van der Waals surface area (Å²) >= 11 is 14.4. The van der Waals surface area contributed by atoms with Crippen molar-refractivity contribution in [2.45, 2.75) is 33.4 Å². The number of halogens is 2. The summed E-state index contributed by atoms with van der Waals surface area (Å²) in [6.45, 7) is 5.81. The monoisotopic (exact) mass is 680 g/mol. The van der Waals surface area contributed by atoms with Gasteiger partial charge in [0.15, 0.2) is 16.3 Å². The number of nitrogens with zero attached hydrogens (tertiary/aromatic N) is 2. The van der Waals surface area contributed by atoms with E-state index in [1.165, 1.54) is 23.0 Å². The maximum atomic E-state index is 14.0. The largest absolute Gasteiger partial charge is 0.493 e. The second-order valence-corrected chi connectivity index (χ2v) is 11.9. The van der Waals surface area contributed by atoms with E-state index in [0.29, 0.717) is 54.8 Å². The summed E-state index contributed by atoms with van der Waals surface area (Å²) in [4.78, 5) is 44.0. The van der Waals surface area contributed by atoms with E-state index in [0.717, 1.165) is 5.56 Å². The number of hydrogen-bond donors (Lipinski definition) is 0. The van der Waals surface area contributed by atoms with Gasteiger partial charge in [-0.25, -0.2) is 14.6 Å². The smallest absolute Gasteiger partial charge is 0.338 e. The molecule has 46 heavy (non-hydrogen) atoms.